The van der Waals surface area contributed by atoms with Crippen LogP contribution >= 0.6 is 0 Å². The van der Waals surface area contributed by atoms with Gasteiger partial charge in [-0.1, -0.05) is 5.21 Å². The van der Waals surface area contributed by atoms with Crippen LogP contribution in [0.3, 0.4) is 0 Å². The highest BCUT2D eigenvalue weighted by Gasteiger charge is 2.38. The summed E-state index contributed by atoms with van der Waals surface area (Å²) in [5.41, 5.74) is 2.47. The Hall–Kier alpha value is -1.95. The van der Waals surface area contributed by atoms with Crippen LogP contribution < -0.4 is 0 Å². The van der Waals surface area contributed by atoms with Crippen LogP contribution in [0, 0.1) is 0 Å². The van der Waals surface area contributed by atoms with Crippen molar-refractivity contribution in [2.75, 3.05) is 20.1 Å². The molecule has 2 saturated heterocycles. The van der Waals surface area contributed by atoms with E-state index in [9.17, 15) is 4.79 Å². The number of fused-ring (bicyclic) bond motifs is 1. The number of aryl methyl sites for hydroxylation is 1. The predicted molar refractivity (Wildman–Crippen MR) is 88.2 cm³/mol. The third kappa shape index (κ3) is 2.41. The number of carbonyl (C=O) groups is 1. The van der Waals surface area contributed by atoms with Gasteiger partial charge in [-0.15, -0.1) is 5.10 Å². The normalized spacial score (nSPS) is 25.6. The fraction of sp³-hybridized carbons (Fsp3) is 0.588. The molecule has 0 saturated carbocycles. The van der Waals surface area contributed by atoms with Gasteiger partial charge >= 0.3 is 0 Å². The van der Waals surface area contributed by atoms with E-state index < -0.39 is 0 Å². The zero-order chi connectivity index (χ0) is 16.0. The zero-order valence-electron chi connectivity index (χ0n) is 13.8. The van der Waals surface area contributed by atoms with Crippen molar-refractivity contribution in [3.05, 3.63) is 23.8 Å². The van der Waals surface area contributed by atoms with Crippen LogP contribution in [0.5, 0.6) is 0 Å². The molecular formula is C17H23N5O. The number of rotatable bonds is 2. The van der Waals surface area contributed by atoms with Gasteiger partial charge in [-0.05, 0) is 57.5 Å². The van der Waals surface area contributed by atoms with Crippen molar-refractivity contribution in [1.82, 2.24) is 24.8 Å². The maximum atomic E-state index is 13.0. The molecule has 0 unspecified atom stereocenters. The summed E-state index contributed by atoms with van der Waals surface area (Å²) in [5.74, 6) is 0.139. The summed E-state index contributed by atoms with van der Waals surface area (Å²) in [6.07, 6.45) is 4.67. The highest BCUT2D eigenvalue weighted by molar-refractivity contribution is 5.97. The molecule has 0 radical (unpaired) electrons. The van der Waals surface area contributed by atoms with Crippen LogP contribution in [0.15, 0.2) is 18.2 Å². The van der Waals surface area contributed by atoms with Crippen molar-refractivity contribution in [3.8, 4) is 0 Å². The van der Waals surface area contributed by atoms with E-state index in [2.05, 4.69) is 27.2 Å². The SMILES string of the molecule is CN1CCC[C@@H]1[C@@H]1CCCN1C(=O)c1ccc2c(c1)nnn2C. The molecule has 6 nitrogen and oxygen atoms in total. The third-order valence-electron chi connectivity index (χ3n) is 5.44. The molecule has 23 heavy (non-hydrogen) atoms. The smallest absolute Gasteiger partial charge is 0.254 e. The zero-order valence-corrected chi connectivity index (χ0v) is 13.8. The predicted octanol–water partition coefficient (Wildman–Crippen LogP) is 1.67. The maximum Gasteiger partial charge on any atom is 0.254 e. The average molecular weight is 313 g/mol. The molecular weight excluding hydrogens is 290 g/mol. The van der Waals surface area contributed by atoms with E-state index in [1.807, 2.05) is 25.2 Å². The summed E-state index contributed by atoms with van der Waals surface area (Å²) in [6.45, 7) is 2.01. The molecule has 3 heterocycles. The van der Waals surface area contributed by atoms with Crippen molar-refractivity contribution in [1.29, 1.82) is 0 Å². The quantitative estimate of drug-likeness (QED) is 0.846. The Morgan fingerprint density at radius 1 is 1.13 bits per heavy atom. The van der Waals surface area contributed by atoms with Gasteiger partial charge in [0.25, 0.3) is 5.91 Å². The highest BCUT2D eigenvalue weighted by atomic mass is 16.2. The molecule has 0 bridgehead atoms. The molecule has 1 aromatic carbocycles. The van der Waals surface area contributed by atoms with E-state index in [1.54, 1.807) is 4.68 Å². The summed E-state index contributed by atoms with van der Waals surface area (Å²) >= 11 is 0. The van der Waals surface area contributed by atoms with Crippen LogP contribution in [0.25, 0.3) is 11.0 Å². The van der Waals surface area contributed by atoms with E-state index in [0.29, 0.717) is 12.1 Å². The molecule has 4 rings (SSSR count). The lowest BCUT2D eigenvalue weighted by Crippen LogP contribution is -2.47. The monoisotopic (exact) mass is 313 g/mol. The Bertz CT molecular complexity index is 740. The Kier molecular flexibility index (Phi) is 3.56. The number of hydrogen-bond acceptors (Lipinski definition) is 4. The fourth-order valence-electron chi connectivity index (χ4n) is 4.21. The minimum absolute atomic E-state index is 0.139. The molecule has 2 aliphatic rings. The molecule has 2 fully saturated rings. The summed E-state index contributed by atoms with van der Waals surface area (Å²) in [6, 6.07) is 6.59. The third-order valence-corrected chi connectivity index (χ3v) is 5.44. The van der Waals surface area contributed by atoms with Crippen LogP contribution in [0.2, 0.25) is 0 Å². The molecule has 122 valence electrons. The first-order valence-electron chi connectivity index (χ1n) is 8.46. The lowest BCUT2D eigenvalue weighted by Gasteiger charge is -2.33. The molecule has 2 atom stereocenters. The number of benzene rings is 1. The minimum atomic E-state index is 0.139. The number of hydrogen-bond donors (Lipinski definition) is 0. The Labute approximate surface area is 136 Å². The van der Waals surface area contributed by atoms with E-state index in [-0.39, 0.29) is 5.91 Å². The van der Waals surface area contributed by atoms with Crippen LogP contribution in [-0.4, -0.2) is 62.9 Å². The van der Waals surface area contributed by atoms with Gasteiger partial charge in [-0.2, -0.15) is 0 Å². The summed E-state index contributed by atoms with van der Waals surface area (Å²) in [4.78, 5) is 17.5. The standard InChI is InChI=1S/C17H23N5O/c1-20-9-3-5-15(20)16-6-4-10-22(16)17(23)12-7-8-14-13(11-12)18-19-21(14)2/h7-8,11,15-16H,3-6,9-10H2,1-2H3/t15-,16+/m1/s1. The number of likely N-dealkylation sites (tertiary alicyclic amines) is 2. The molecule has 0 spiro atoms. The number of likely N-dealkylation sites (N-methyl/N-ethyl adjacent to an activating group) is 1. The van der Waals surface area contributed by atoms with E-state index >= 15 is 0 Å². The van der Waals surface area contributed by atoms with Gasteiger partial charge < -0.3 is 9.80 Å². The second-order valence-corrected chi connectivity index (χ2v) is 6.81. The number of aromatic nitrogens is 3. The van der Waals surface area contributed by atoms with Gasteiger partial charge in [-0.25, -0.2) is 4.68 Å². The molecule has 6 heteroatoms. The maximum absolute atomic E-state index is 13.0. The Balaban J connectivity index is 1.61. The molecule has 2 aromatic rings. The van der Waals surface area contributed by atoms with Crippen LogP contribution in [-0.2, 0) is 7.05 Å². The van der Waals surface area contributed by atoms with Gasteiger partial charge in [0.15, 0.2) is 0 Å². The van der Waals surface area contributed by atoms with Gasteiger partial charge in [0.05, 0.1) is 5.52 Å². The van der Waals surface area contributed by atoms with Crippen molar-refractivity contribution in [2.24, 2.45) is 7.05 Å². The first-order chi connectivity index (χ1) is 11.1. The summed E-state index contributed by atoms with van der Waals surface area (Å²) < 4.78 is 1.73. The number of nitrogens with zero attached hydrogens (tertiary/aromatic N) is 5. The van der Waals surface area contributed by atoms with Crippen molar-refractivity contribution >= 4 is 16.9 Å². The molecule has 0 N–H and O–H groups in total. The summed E-state index contributed by atoms with van der Waals surface area (Å²) in [7, 11) is 4.05. The number of carbonyl (C=O) groups excluding carboxylic acids is 1. The Morgan fingerprint density at radius 3 is 2.70 bits per heavy atom. The molecule has 0 aliphatic carbocycles. The molecule has 1 amide bonds. The van der Waals surface area contributed by atoms with Gasteiger partial charge in [0.2, 0.25) is 0 Å². The molecule has 2 aliphatic heterocycles. The first-order valence-corrected chi connectivity index (χ1v) is 8.46. The van der Waals surface area contributed by atoms with Crippen molar-refractivity contribution < 1.29 is 4.79 Å². The van der Waals surface area contributed by atoms with Crippen molar-refractivity contribution in [3.63, 3.8) is 0 Å². The largest absolute Gasteiger partial charge is 0.334 e. The minimum Gasteiger partial charge on any atom is -0.334 e. The van der Waals surface area contributed by atoms with Gasteiger partial charge in [-0.3, -0.25) is 4.79 Å². The lowest BCUT2D eigenvalue weighted by atomic mass is 10.0. The lowest BCUT2D eigenvalue weighted by molar-refractivity contribution is 0.0664. The second-order valence-electron chi connectivity index (χ2n) is 6.81. The van der Waals surface area contributed by atoms with Crippen LogP contribution in [0.4, 0.5) is 0 Å². The number of amides is 1. The van der Waals surface area contributed by atoms with Gasteiger partial charge in [0.1, 0.15) is 5.52 Å². The van der Waals surface area contributed by atoms with Crippen LogP contribution in [0.1, 0.15) is 36.0 Å². The van der Waals surface area contributed by atoms with E-state index in [0.717, 1.165) is 42.5 Å². The summed E-state index contributed by atoms with van der Waals surface area (Å²) in [5, 5.41) is 8.15. The second kappa shape index (κ2) is 5.60. The highest BCUT2D eigenvalue weighted by Crippen LogP contribution is 2.30. The van der Waals surface area contributed by atoms with Gasteiger partial charge in [0, 0.05) is 31.2 Å². The van der Waals surface area contributed by atoms with E-state index in [1.165, 1.54) is 12.8 Å². The molecule has 1 aromatic heterocycles. The topological polar surface area (TPSA) is 54.3 Å². The Morgan fingerprint density at radius 2 is 1.91 bits per heavy atom. The first kappa shape index (κ1) is 14.6. The average Bonchev–Trinajstić information content (AvgIpc) is 3.26. The van der Waals surface area contributed by atoms with E-state index in [4.69, 9.17) is 0 Å². The fourth-order valence-corrected chi connectivity index (χ4v) is 4.21. The van der Waals surface area contributed by atoms with Crippen molar-refractivity contribution in [2.45, 2.75) is 37.8 Å².